The van der Waals surface area contributed by atoms with Gasteiger partial charge in [0.15, 0.2) is 0 Å². The highest BCUT2D eigenvalue weighted by molar-refractivity contribution is 6.14. The molecule has 2 atom stereocenters. The molecule has 0 aromatic heterocycles. The molecule has 1 rings (SSSR count). The Kier molecular flexibility index (Phi) is 6.72. The quantitative estimate of drug-likeness (QED) is 0.699. The molecule has 0 bridgehead atoms. The summed E-state index contributed by atoms with van der Waals surface area (Å²) in [7, 11) is 6.29. The van der Waals surface area contributed by atoms with Crippen molar-refractivity contribution in [3.05, 3.63) is 0 Å². The Labute approximate surface area is 115 Å². The van der Waals surface area contributed by atoms with E-state index in [4.69, 9.17) is 7.85 Å². The molecule has 18 heavy (non-hydrogen) atoms. The first kappa shape index (κ1) is 16.0. The molecule has 2 nitrogen and oxygen atoms in total. The van der Waals surface area contributed by atoms with Gasteiger partial charge >= 0.3 is 0 Å². The lowest BCUT2D eigenvalue weighted by molar-refractivity contribution is 0.156. The van der Waals surface area contributed by atoms with E-state index in [9.17, 15) is 0 Å². The number of piperazine rings is 1. The largest absolute Gasteiger partial charge is 0.311 e. The van der Waals surface area contributed by atoms with Crippen LogP contribution in [-0.4, -0.2) is 44.5 Å². The summed E-state index contributed by atoms with van der Waals surface area (Å²) < 4.78 is 0. The SMILES string of the molecule is [B]C(C)(CCC)CCCC1CN(C(C)C)CCN1. The highest BCUT2D eigenvalue weighted by atomic mass is 15.2. The molecule has 1 N–H and O–H groups in total. The molecule has 1 fully saturated rings. The molecule has 1 aliphatic heterocycles. The minimum Gasteiger partial charge on any atom is -0.311 e. The molecule has 2 radical (unpaired) electrons. The maximum atomic E-state index is 6.29. The van der Waals surface area contributed by atoms with E-state index in [1.54, 1.807) is 0 Å². The average molecular weight is 250 g/mol. The third kappa shape index (κ3) is 5.75. The Morgan fingerprint density at radius 3 is 2.72 bits per heavy atom. The van der Waals surface area contributed by atoms with Crippen molar-refractivity contribution >= 4 is 7.85 Å². The summed E-state index contributed by atoms with van der Waals surface area (Å²) in [5.74, 6) is 0. The summed E-state index contributed by atoms with van der Waals surface area (Å²) in [4.78, 5) is 2.58. The van der Waals surface area contributed by atoms with Crippen LogP contribution in [0.25, 0.3) is 0 Å². The second-order valence-corrected chi connectivity index (χ2v) is 6.54. The van der Waals surface area contributed by atoms with Crippen LogP contribution in [0.2, 0.25) is 5.31 Å². The van der Waals surface area contributed by atoms with Gasteiger partial charge in [-0.25, -0.2) is 0 Å². The Bertz CT molecular complexity index is 229. The third-order valence-corrected chi connectivity index (χ3v) is 4.14. The van der Waals surface area contributed by atoms with Gasteiger partial charge in [-0.3, -0.25) is 4.90 Å². The van der Waals surface area contributed by atoms with E-state index < -0.39 is 0 Å². The van der Waals surface area contributed by atoms with Crippen LogP contribution in [0.5, 0.6) is 0 Å². The highest BCUT2D eigenvalue weighted by Crippen LogP contribution is 2.33. The van der Waals surface area contributed by atoms with E-state index in [0.717, 1.165) is 19.4 Å². The summed E-state index contributed by atoms with van der Waals surface area (Å²) in [6.45, 7) is 12.5. The van der Waals surface area contributed by atoms with Crippen molar-refractivity contribution in [1.29, 1.82) is 0 Å². The van der Waals surface area contributed by atoms with Crippen molar-refractivity contribution in [2.75, 3.05) is 19.6 Å². The fourth-order valence-electron chi connectivity index (χ4n) is 2.96. The molecule has 2 unspecified atom stereocenters. The normalized spacial score (nSPS) is 25.3. The lowest BCUT2D eigenvalue weighted by Crippen LogP contribution is -2.52. The van der Waals surface area contributed by atoms with Crippen molar-refractivity contribution in [2.24, 2.45) is 0 Å². The molecular formula is C15H31BN2. The van der Waals surface area contributed by atoms with E-state index >= 15 is 0 Å². The molecule has 1 saturated heterocycles. The molecule has 0 aromatic carbocycles. The molecule has 3 heteroatoms. The lowest BCUT2D eigenvalue weighted by atomic mass is 9.64. The van der Waals surface area contributed by atoms with Crippen molar-refractivity contribution in [2.45, 2.75) is 77.2 Å². The molecule has 1 heterocycles. The summed E-state index contributed by atoms with van der Waals surface area (Å²) in [5.41, 5.74) is 0. The van der Waals surface area contributed by atoms with Gasteiger partial charge in [0.1, 0.15) is 0 Å². The fourth-order valence-corrected chi connectivity index (χ4v) is 2.96. The van der Waals surface area contributed by atoms with Gasteiger partial charge in [0, 0.05) is 31.7 Å². The summed E-state index contributed by atoms with van der Waals surface area (Å²) in [6, 6.07) is 1.34. The van der Waals surface area contributed by atoms with Gasteiger partial charge in [0.05, 0.1) is 7.85 Å². The average Bonchev–Trinajstić information content (AvgIpc) is 2.29. The van der Waals surface area contributed by atoms with Crippen LogP contribution in [0, 0.1) is 0 Å². The van der Waals surface area contributed by atoms with Crippen molar-refractivity contribution < 1.29 is 0 Å². The molecule has 0 spiro atoms. The first-order valence-corrected chi connectivity index (χ1v) is 7.71. The smallest absolute Gasteiger partial charge is 0.0742 e. The molecule has 104 valence electrons. The molecule has 0 aromatic rings. The zero-order chi connectivity index (χ0) is 13.6. The third-order valence-electron chi connectivity index (χ3n) is 4.14. The van der Waals surface area contributed by atoms with E-state index in [1.807, 2.05) is 0 Å². The van der Waals surface area contributed by atoms with E-state index in [2.05, 4.69) is 37.9 Å². The van der Waals surface area contributed by atoms with Crippen LogP contribution in [0.1, 0.15) is 59.8 Å². The van der Waals surface area contributed by atoms with Crippen LogP contribution in [0.15, 0.2) is 0 Å². The highest BCUT2D eigenvalue weighted by Gasteiger charge is 2.22. The van der Waals surface area contributed by atoms with Crippen molar-refractivity contribution in [1.82, 2.24) is 10.2 Å². The van der Waals surface area contributed by atoms with Crippen molar-refractivity contribution in [3.8, 4) is 0 Å². The monoisotopic (exact) mass is 250 g/mol. The van der Waals surface area contributed by atoms with Gasteiger partial charge in [-0.15, -0.1) is 0 Å². The first-order valence-electron chi connectivity index (χ1n) is 7.71. The molecule has 0 amide bonds. The zero-order valence-corrected chi connectivity index (χ0v) is 12.8. The fraction of sp³-hybridized carbons (Fsp3) is 1.00. The summed E-state index contributed by atoms with van der Waals surface area (Å²) in [6.07, 6.45) is 6.00. The minimum absolute atomic E-state index is 0.0428. The second-order valence-electron chi connectivity index (χ2n) is 6.54. The van der Waals surface area contributed by atoms with E-state index in [-0.39, 0.29) is 5.31 Å². The van der Waals surface area contributed by atoms with E-state index in [0.29, 0.717) is 12.1 Å². The maximum Gasteiger partial charge on any atom is 0.0742 e. The van der Waals surface area contributed by atoms with Crippen LogP contribution < -0.4 is 5.32 Å². The van der Waals surface area contributed by atoms with Gasteiger partial charge in [0.25, 0.3) is 0 Å². The van der Waals surface area contributed by atoms with Gasteiger partial charge in [-0.05, 0) is 20.3 Å². The number of nitrogens with zero attached hydrogens (tertiary/aromatic N) is 1. The van der Waals surface area contributed by atoms with Gasteiger partial charge in [0.2, 0.25) is 0 Å². The van der Waals surface area contributed by atoms with Gasteiger partial charge < -0.3 is 5.32 Å². The van der Waals surface area contributed by atoms with Gasteiger partial charge in [-0.1, -0.05) is 44.8 Å². The van der Waals surface area contributed by atoms with Crippen molar-refractivity contribution in [3.63, 3.8) is 0 Å². The minimum atomic E-state index is 0.0428. The Morgan fingerprint density at radius 2 is 2.11 bits per heavy atom. The van der Waals surface area contributed by atoms with Crippen LogP contribution in [0.4, 0.5) is 0 Å². The number of hydrogen-bond donors (Lipinski definition) is 1. The Hall–Kier alpha value is -0.0151. The van der Waals surface area contributed by atoms with E-state index in [1.165, 1.54) is 32.4 Å². The number of hydrogen-bond acceptors (Lipinski definition) is 2. The van der Waals surface area contributed by atoms with Crippen LogP contribution >= 0.6 is 0 Å². The van der Waals surface area contributed by atoms with Crippen LogP contribution in [-0.2, 0) is 0 Å². The number of nitrogens with one attached hydrogen (secondary N) is 1. The standard InChI is InChI=1S/C15H31BN2/c1-5-8-15(4,16)9-6-7-14-12-18(13(2)3)11-10-17-14/h13-14,17H,5-12H2,1-4H3. The first-order chi connectivity index (χ1) is 8.44. The Morgan fingerprint density at radius 1 is 1.39 bits per heavy atom. The molecule has 0 aliphatic carbocycles. The summed E-state index contributed by atoms with van der Waals surface area (Å²) >= 11 is 0. The zero-order valence-electron chi connectivity index (χ0n) is 12.8. The second kappa shape index (κ2) is 7.54. The molecule has 0 saturated carbocycles. The van der Waals surface area contributed by atoms with Gasteiger partial charge in [-0.2, -0.15) is 0 Å². The molecular weight excluding hydrogens is 219 g/mol. The topological polar surface area (TPSA) is 15.3 Å². The predicted octanol–water partition coefficient (Wildman–Crippen LogP) is 2.99. The Balaban J connectivity index is 2.23. The summed E-state index contributed by atoms with van der Waals surface area (Å²) in [5, 5.41) is 3.68. The number of rotatable bonds is 7. The maximum absolute atomic E-state index is 6.29. The lowest BCUT2D eigenvalue weighted by Gasteiger charge is -2.36. The molecule has 1 aliphatic rings. The predicted molar refractivity (Wildman–Crippen MR) is 81.4 cm³/mol. The van der Waals surface area contributed by atoms with Crippen LogP contribution in [0.3, 0.4) is 0 Å².